The van der Waals surface area contributed by atoms with Crippen LogP contribution in [0.5, 0.6) is 0 Å². The SMILES string of the molecule is CCCCC(CC)(CNCC)Cc1c(Cl)c(C)nn1CC. The highest BCUT2D eigenvalue weighted by Crippen LogP contribution is 2.35. The molecule has 0 spiro atoms. The summed E-state index contributed by atoms with van der Waals surface area (Å²) in [6.07, 6.45) is 5.95. The third-order valence-corrected chi connectivity index (χ3v) is 5.05. The van der Waals surface area contributed by atoms with Gasteiger partial charge < -0.3 is 5.32 Å². The fraction of sp³-hybridized carbons (Fsp3) is 0.824. The van der Waals surface area contributed by atoms with E-state index in [0.717, 1.165) is 36.8 Å². The van der Waals surface area contributed by atoms with Crippen molar-refractivity contribution in [1.82, 2.24) is 15.1 Å². The Balaban J connectivity index is 3.03. The van der Waals surface area contributed by atoms with E-state index < -0.39 is 0 Å². The Hall–Kier alpha value is -0.540. The molecule has 1 atom stereocenters. The monoisotopic (exact) mass is 313 g/mol. The van der Waals surface area contributed by atoms with Crippen LogP contribution in [0.2, 0.25) is 5.02 Å². The zero-order chi connectivity index (χ0) is 15.9. The lowest BCUT2D eigenvalue weighted by molar-refractivity contribution is 0.225. The molecule has 0 radical (unpaired) electrons. The van der Waals surface area contributed by atoms with Gasteiger partial charge in [0.05, 0.1) is 16.4 Å². The molecule has 0 bridgehead atoms. The van der Waals surface area contributed by atoms with E-state index in [-0.39, 0.29) is 5.41 Å². The number of nitrogens with zero attached hydrogens (tertiary/aromatic N) is 2. The van der Waals surface area contributed by atoms with Gasteiger partial charge in [0.15, 0.2) is 0 Å². The van der Waals surface area contributed by atoms with Crippen LogP contribution in [0.1, 0.15) is 64.8 Å². The predicted octanol–water partition coefficient (Wildman–Crippen LogP) is 4.60. The highest BCUT2D eigenvalue weighted by Gasteiger charge is 2.30. The third kappa shape index (κ3) is 4.72. The molecular formula is C17H32ClN3. The molecule has 1 aromatic heterocycles. The lowest BCUT2D eigenvalue weighted by Crippen LogP contribution is -2.36. The smallest absolute Gasteiger partial charge is 0.0847 e. The Morgan fingerprint density at radius 1 is 1.24 bits per heavy atom. The minimum atomic E-state index is 0.287. The van der Waals surface area contributed by atoms with Gasteiger partial charge in [0.25, 0.3) is 0 Å². The summed E-state index contributed by atoms with van der Waals surface area (Å²) in [6.45, 7) is 13.9. The van der Waals surface area contributed by atoms with Gasteiger partial charge in [-0.15, -0.1) is 0 Å². The lowest BCUT2D eigenvalue weighted by atomic mass is 9.76. The van der Waals surface area contributed by atoms with Gasteiger partial charge in [-0.05, 0) is 45.1 Å². The average Bonchev–Trinajstić information content (AvgIpc) is 2.77. The molecule has 0 aliphatic heterocycles. The van der Waals surface area contributed by atoms with Gasteiger partial charge in [-0.25, -0.2) is 0 Å². The molecule has 0 aliphatic carbocycles. The summed E-state index contributed by atoms with van der Waals surface area (Å²) in [7, 11) is 0. The van der Waals surface area contributed by atoms with Gasteiger partial charge in [0.1, 0.15) is 0 Å². The highest BCUT2D eigenvalue weighted by atomic mass is 35.5. The molecule has 0 saturated carbocycles. The van der Waals surface area contributed by atoms with Crippen molar-refractivity contribution in [1.29, 1.82) is 0 Å². The molecule has 21 heavy (non-hydrogen) atoms. The number of hydrogen-bond donors (Lipinski definition) is 1. The van der Waals surface area contributed by atoms with Crippen molar-refractivity contribution in [2.45, 2.75) is 73.3 Å². The molecule has 0 aliphatic rings. The number of aromatic nitrogens is 2. The van der Waals surface area contributed by atoms with Crippen LogP contribution < -0.4 is 5.32 Å². The molecule has 0 amide bonds. The van der Waals surface area contributed by atoms with Crippen molar-refractivity contribution in [2.24, 2.45) is 5.41 Å². The molecule has 1 rings (SSSR count). The van der Waals surface area contributed by atoms with Crippen LogP contribution in [-0.2, 0) is 13.0 Å². The maximum atomic E-state index is 6.52. The standard InChI is InChI=1S/C17H32ClN3/c1-6-10-11-17(7-2,13-19-8-3)12-15-16(18)14(5)20-21(15)9-4/h19H,6-13H2,1-5H3. The van der Waals surface area contributed by atoms with Gasteiger partial charge in [-0.3, -0.25) is 4.68 Å². The first kappa shape index (κ1) is 18.5. The van der Waals surface area contributed by atoms with E-state index in [4.69, 9.17) is 11.6 Å². The largest absolute Gasteiger partial charge is 0.316 e. The van der Waals surface area contributed by atoms with E-state index in [1.54, 1.807) is 0 Å². The minimum Gasteiger partial charge on any atom is -0.316 e. The molecule has 1 N–H and O–H groups in total. The van der Waals surface area contributed by atoms with E-state index in [0.29, 0.717) is 0 Å². The Morgan fingerprint density at radius 2 is 1.95 bits per heavy atom. The van der Waals surface area contributed by atoms with Crippen LogP contribution in [0.4, 0.5) is 0 Å². The molecule has 1 heterocycles. The third-order valence-electron chi connectivity index (χ3n) is 4.56. The number of unbranched alkanes of at least 4 members (excludes halogenated alkanes) is 1. The van der Waals surface area contributed by atoms with E-state index in [1.165, 1.54) is 31.4 Å². The summed E-state index contributed by atoms with van der Waals surface area (Å²) in [5, 5.41) is 9.00. The van der Waals surface area contributed by atoms with Crippen molar-refractivity contribution in [3.8, 4) is 0 Å². The average molecular weight is 314 g/mol. The fourth-order valence-electron chi connectivity index (χ4n) is 3.00. The zero-order valence-electron chi connectivity index (χ0n) is 14.4. The maximum Gasteiger partial charge on any atom is 0.0847 e. The highest BCUT2D eigenvalue weighted by molar-refractivity contribution is 6.31. The predicted molar refractivity (Wildman–Crippen MR) is 92.1 cm³/mol. The molecule has 0 fully saturated rings. The van der Waals surface area contributed by atoms with Gasteiger partial charge in [-0.2, -0.15) is 5.10 Å². The van der Waals surface area contributed by atoms with Crippen molar-refractivity contribution in [3.63, 3.8) is 0 Å². The first-order chi connectivity index (χ1) is 10.0. The molecule has 3 nitrogen and oxygen atoms in total. The minimum absolute atomic E-state index is 0.287. The number of aryl methyl sites for hydroxylation is 2. The summed E-state index contributed by atoms with van der Waals surface area (Å²) < 4.78 is 2.08. The lowest BCUT2D eigenvalue weighted by Gasteiger charge is -2.33. The van der Waals surface area contributed by atoms with Crippen molar-refractivity contribution >= 4 is 11.6 Å². The van der Waals surface area contributed by atoms with Crippen LogP contribution in [0, 0.1) is 12.3 Å². The molecular weight excluding hydrogens is 282 g/mol. The zero-order valence-corrected chi connectivity index (χ0v) is 15.2. The van der Waals surface area contributed by atoms with Gasteiger partial charge >= 0.3 is 0 Å². The van der Waals surface area contributed by atoms with Crippen LogP contribution >= 0.6 is 11.6 Å². The number of nitrogens with one attached hydrogen (secondary N) is 1. The Kier molecular flexibility index (Phi) is 7.75. The summed E-state index contributed by atoms with van der Waals surface area (Å²) in [6, 6.07) is 0. The Morgan fingerprint density at radius 3 is 2.48 bits per heavy atom. The van der Waals surface area contributed by atoms with Crippen molar-refractivity contribution in [2.75, 3.05) is 13.1 Å². The summed E-state index contributed by atoms with van der Waals surface area (Å²) in [5.41, 5.74) is 2.46. The second-order valence-electron chi connectivity index (χ2n) is 6.08. The normalized spacial score (nSPS) is 14.4. The topological polar surface area (TPSA) is 29.9 Å². The van der Waals surface area contributed by atoms with Crippen LogP contribution in [0.15, 0.2) is 0 Å². The Bertz CT molecular complexity index is 418. The second-order valence-corrected chi connectivity index (χ2v) is 6.45. The van der Waals surface area contributed by atoms with Crippen LogP contribution in [-0.4, -0.2) is 22.9 Å². The molecule has 1 unspecified atom stereocenters. The molecule has 4 heteroatoms. The van der Waals surface area contributed by atoms with Crippen LogP contribution in [0.25, 0.3) is 0 Å². The van der Waals surface area contributed by atoms with Crippen molar-refractivity contribution < 1.29 is 0 Å². The summed E-state index contributed by atoms with van der Waals surface area (Å²) in [4.78, 5) is 0. The second kappa shape index (κ2) is 8.79. The number of hydrogen-bond acceptors (Lipinski definition) is 2. The molecule has 0 aromatic carbocycles. The maximum absolute atomic E-state index is 6.52. The van der Waals surface area contributed by atoms with E-state index in [9.17, 15) is 0 Å². The van der Waals surface area contributed by atoms with Gasteiger partial charge in [0.2, 0.25) is 0 Å². The van der Waals surface area contributed by atoms with Crippen LogP contribution in [0.3, 0.4) is 0 Å². The fourth-order valence-corrected chi connectivity index (χ4v) is 3.20. The first-order valence-electron chi connectivity index (χ1n) is 8.46. The Labute approximate surface area is 135 Å². The number of halogens is 1. The van der Waals surface area contributed by atoms with Gasteiger partial charge in [0, 0.05) is 13.1 Å². The van der Waals surface area contributed by atoms with Gasteiger partial charge in [-0.1, -0.05) is 45.2 Å². The number of rotatable bonds is 10. The van der Waals surface area contributed by atoms with E-state index in [2.05, 4.69) is 42.8 Å². The molecule has 0 saturated heterocycles. The molecule has 1 aromatic rings. The summed E-state index contributed by atoms with van der Waals surface area (Å²) in [5.74, 6) is 0. The molecule has 122 valence electrons. The van der Waals surface area contributed by atoms with E-state index in [1.807, 2.05) is 6.92 Å². The first-order valence-corrected chi connectivity index (χ1v) is 8.83. The summed E-state index contributed by atoms with van der Waals surface area (Å²) >= 11 is 6.52. The van der Waals surface area contributed by atoms with Crippen molar-refractivity contribution in [3.05, 3.63) is 16.4 Å². The quantitative estimate of drug-likeness (QED) is 0.684. The van der Waals surface area contributed by atoms with E-state index >= 15 is 0 Å².